The number of rotatable bonds is 7. The molecule has 1 aromatic heterocycles. The smallest absolute Gasteiger partial charge is 0.355 e. The first-order valence-electron chi connectivity index (χ1n) is 8.90. The zero-order chi connectivity index (χ0) is 20.0. The predicted octanol–water partition coefficient (Wildman–Crippen LogP) is 5.11. The number of aromatic nitrogens is 1. The van der Waals surface area contributed by atoms with E-state index in [-0.39, 0.29) is 17.0 Å². The van der Waals surface area contributed by atoms with Crippen LogP contribution in [0.4, 0.5) is 13.2 Å². The molecule has 28 heavy (non-hydrogen) atoms. The maximum atomic E-state index is 12.8. The summed E-state index contributed by atoms with van der Waals surface area (Å²) < 4.78 is 43.5. The molecule has 0 atom stereocenters. The lowest BCUT2D eigenvalue weighted by atomic mass is 10.1. The summed E-state index contributed by atoms with van der Waals surface area (Å²) >= 11 is 0. The largest absolute Gasteiger partial charge is 0.416 e. The van der Waals surface area contributed by atoms with Crippen molar-refractivity contribution >= 4 is 5.91 Å². The molecule has 146 valence electrons. The number of carbonyl (C=O) groups is 1. The first-order valence-corrected chi connectivity index (χ1v) is 8.90. The summed E-state index contributed by atoms with van der Waals surface area (Å²) in [6.07, 6.45) is -1.78. The summed E-state index contributed by atoms with van der Waals surface area (Å²) in [4.78, 5) is 12.1. The highest BCUT2D eigenvalue weighted by Crippen LogP contribution is 2.32. The number of unbranched alkanes of at least 4 members (excludes halogenated alkanes) is 1. The van der Waals surface area contributed by atoms with E-state index in [0.29, 0.717) is 6.54 Å². The lowest BCUT2D eigenvalue weighted by molar-refractivity contribution is -0.137. The van der Waals surface area contributed by atoms with Crippen LogP contribution in [0.2, 0.25) is 0 Å². The van der Waals surface area contributed by atoms with Crippen LogP contribution in [0.25, 0.3) is 11.3 Å². The molecule has 4 nitrogen and oxygen atoms in total. The van der Waals surface area contributed by atoms with Gasteiger partial charge in [0.15, 0.2) is 11.5 Å². The Morgan fingerprint density at radius 1 is 1.00 bits per heavy atom. The fourth-order valence-corrected chi connectivity index (χ4v) is 2.76. The van der Waals surface area contributed by atoms with Crippen LogP contribution in [-0.2, 0) is 12.6 Å². The summed E-state index contributed by atoms with van der Waals surface area (Å²) in [5.74, 6) is -0.304. The van der Waals surface area contributed by atoms with Crippen LogP contribution in [0.1, 0.15) is 34.5 Å². The van der Waals surface area contributed by atoms with E-state index in [0.717, 1.165) is 31.4 Å². The molecule has 3 aromatic rings. The first-order chi connectivity index (χ1) is 13.4. The molecule has 0 fully saturated rings. The molecule has 0 saturated carbocycles. The maximum Gasteiger partial charge on any atom is 0.416 e. The van der Waals surface area contributed by atoms with Crippen molar-refractivity contribution in [2.75, 3.05) is 6.54 Å². The van der Waals surface area contributed by atoms with Gasteiger partial charge in [0, 0.05) is 18.2 Å². The van der Waals surface area contributed by atoms with Crippen molar-refractivity contribution in [1.29, 1.82) is 0 Å². The Morgan fingerprint density at radius 2 is 1.79 bits per heavy atom. The lowest BCUT2D eigenvalue weighted by Gasteiger charge is -2.06. The number of hydrogen-bond acceptors (Lipinski definition) is 3. The van der Waals surface area contributed by atoms with E-state index < -0.39 is 17.6 Å². The average molecular weight is 388 g/mol. The van der Waals surface area contributed by atoms with E-state index in [1.165, 1.54) is 23.8 Å². The second-order valence-corrected chi connectivity index (χ2v) is 6.35. The number of aryl methyl sites for hydroxylation is 1. The third-order valence-corrected chi connectivity index (χ3v) is 4.24. The predicted molar refractivity (Wildman–Crippen MR) is 98.7 cm³/mol. The molecule has 0 aliphatic heterocycles. The highest BCUT2D eigenvalue weighted by Gasteiger charge is 2.30. The number of amides is 1. The van der Waals surface area contributed by atoms with Crippen LogP contribution >= 0.6 is 0 Å². The minimum Gasteiger partial charge on any atom is -0.355 e. The molecule has 0 aliphatic carbocycles. The maximum absolute atomic E-state index is 12.8. The summed E-state index contributed by atoms with van der Waals surface area (Å²) in [6, 6.07) is 16.1. The fourth-order valence-electron chi connectivity index (χ4n) is 2.76. The van der Waals surface area contributed by atoms with Crippen molar-refractivity contribution in [3.05, 3.63) is 77.5 Å². The van der Waals surface area contributed by atoms with Crippen molar-refractivity contribution in [3.8, 4) is 11.3 Å². The van der Waals surface area contributed by atoms with Crippen molar-refractivity contribution in [1.82, 2.24) is 10.5 Å². The second-order valence-electron chi connectivity index (χ2n) is 6.35. The fraction of sp³-hybridized carbons (Fsp3) is 0.238. The van der Waals surface area contributed by atoms with Crippen LogP contribution in [0.5, 0.6) is 0 Å². The Morgan fingerprint density at radius 3 is 2.54 bits per heavy atom. The van der Waals surface area contributed by atoms with Crippen molar-refractivity contribution in [2.45, 2.75) is 25.4 Å². The molecule has 7 heteroatoms. The summed E-state index contributed by atoms with van der Waals surface area (Å²) in [5.41, 5.74) is 0.710. The Labute approximate surface area is 160 Å². The minimum atomic E-state index is -4.45. The van der Waals surface area contributed by atoms with Crippen LogP contribution in [0.15, 0.2) is 65.2 Å². The van der Waals surface area contributed by atoms with Gasteiger partial charge in [-0.3, -0.25) is 4.79 Å². The Balaban J connectivity index is 1.51. The molecule has 0 saturated heterocycles. The molecule has 0 spiro atoms. The number of halogens is 3. The van der Waals surface area contributed by atoms with Crippen LogP contribution in [0.3, 0.4) is 0 Å². The molecule has 2 aromatic carbocycles. The highest BCUT2D eigenvalue weighted by atomic mass is 19.4. The van der Waals surface area contributed by atoms with Crippen molar-refractivity contribution in [2.24, 2.45) is 0 Å². The molecular weight excluding hydrogens is 369 g/mol. The zero-order valence-corrected chi connectivity index (χ0v) is 15.0. The zero-order valence-electron chi connectivity index (χ0n) is 15.0. The molecule has 0 bridgehead atoms. The molecular formula is C21H19F3N2O2. The highest BCUT2D eigenvalue weighted by molar-refractivity contribution is 5.93. The molecule has 1 heterocycles. The quantitative estimate of drug-likeness (QED) is 0.572. The van der Waals surface area contributed by atoms with Gasteiger partial charge in [0.05, 0.1) is 5.56 Å². The average Bonchev–Trinajstić information content (AvgIpc) is 3.18. The van der Waals surface area contributed by atoms with Gasteiger partial charge in [0.25, 0.3) is 5.91 Å². The Hall–Kier alpha value is -3.09. The minimum absolute atomic E-state index is 0.0375. The van der Waals surface area contributed by atoms with Crippen LogP contribution in [0, 0.1) is 0 Å². The van der Waals surface area contributed by atoms with Gasteiger partial charge in [-0.1, -0.05) is 47.6 Å². The molecule has 1 N–H and O–H groups in total. The van der Waals surface area contributed by atoms with Gasteiger partial charge >= 0.3 is 6.18 Å². The second kappa shape index (κ2) is 8.73. The number of hydrogen-bond donors (Lipinski definition) is 1. The first kappa shape index (κ1) is 19.7. The van der Waals surface area contributed by atoms with E-state index in [1.54, 1.807) is 0 Å². The van der Waals surface area contributed by atoms with E-state index in [9.17, 15) is 18.0 Å². The summed E-state index contributed by atoms with van der Waals surface area (Å²) in [5, 5.41) is 6.41. The SMILES string of the molecule is O=C(NCCCCc1ccccc1)c1cc(-c2cccc(C(F)(F)F)c2)on1. The third-order valence-electron chi connectivity index (χ3n) is 4.24. The van der Waals surface area contributed by atoms with Gasteiger partial charge in [0.2, 0.25) is 0 Å². The van der Waals surface area contributed by atoms with Crippen molar-refractivity contribution < 1.29 is 22.5 Å². The van der Waals surface area contributed by atoms with Gasteiger partial charge < -0.3 is 9.84 Å². The molecule has 0 radical (unpaired) electrons. The van der Waals surface area contributed by atoms with E-state index in [2.05, 4.69) is 22.6 Å². The Bertz CT molecular complexity index is 921. The normalized spacial score (nSPS) is 11.4. The number of carbonyl (C=O) groups excluding carboxylic acids is 1. The molecule has 0 aliphatic rings. The molecule has 3 rings (SSSR count). The van der Waals surface area contributed by atoms with Gasteiger partial charge in [-0.2, -0.15) is 13.2 Å². The summed E-state index contributed by atoms with van der Waals surface area (Å²) in [7, 11) is 0. The monoisotopic (exact) mass is 388 g/mol. The van der Waals surface area contributed by atoms with Crippen LogP contribution < -0.4 is 5.32 Å². The topological polar surface area (TPSA) is 55.1 Å². The lowest BCUT2D eigenvalue weighted by Crippen LogP contribution is -2.24. The number of alkyl halides is 3. The number of benzene rings is 2. The third kappa shape index (κ3) is 5.22. The Kier molecular flexibility index (Phi) is 6.13. The molecule has 1 amide bonds. The molecule has 0 unspecified atom stereocenters. The standard InChI is InChI=1S/C21H19F3N2O2/c22-21(23,24)17-11-6-10-16(13-17)19-14-18(26-28-19)20(27)25-12-5-4-9-15-7-2-1-3-8-15/h1-3,6-8,10-11,13-14H,4-5,9,12H2,(H,25,27). The summed E-state index contributed by atoms with van der Waals surface area (Å²) in [6.45, 7) is 0.484. The van der Waals surface area contributed by atoms with Gasteiger partial charge in [-0.25, -0.2) is 0 Å². The number of nitrogens with zero attached hydrogens (tertiary/aromatic N) is 1. The van der Waals surface area contributed by atoms with E-state index >= 15 is 0 Å². The van der Waals surface area contributed by atoms with E-state index in [1.807, 2.05) is 18.2 Å². The van der Waals surface area contributed by atoms with Gasteiger partial charge in [0.1, 0.15) is 0 Å². The van der Waals surface area contributed by atoms with Gasteiger partial charge in [-0.05, 0) is 37.0 Å². The van der Waals surface area contributed by atoms with Gasteiger partial charge in [-0.15, -0.1) is 0 Å². The number of nitrogens with one attached hydrogen (secondary N) is 1. The van der Waals surface area contributed by atoms with E-state index in [4.69, 9.17) is 4.52 Å². The van der Waals surface area contributed by atoms with Crippen molar-refractivity contribution in [3.63, 3.8) is 0 Å². The van der Waals surface area contributed by atoms with Crippen LogP contribution in [-0.4, -0.2) is 17.6 Å².